The molecule has 2 aromatic rings. The minimum Gasteiger partial charge on any atom is -0.497 e. The zero-order chi connectivity index (χ0) is 21.9. The summed E-state index contributed by atoms with van der Waals surface area (Å²) in [6.45, 7) is 0. The summed E-state index contributed by atoms with van der Waals surface area (Å²) >= 11 is 7.39. The van der Waals surface area contributed by atoms with Crippen LogP contribution in [0.4, 0.5) is 5.69 Å². The molecule has 31 heavy (non-hydrogen) atoms. The minimum atomic E-state index is -0.547. The van der Waals surface area contributed by atoms with Crippen molar-refractivity contribution in [3.05, 3.63) is 54.1 Å². The maximum atomic E-state index is 13.2. The van der Waals surface area contributed by atoms with E-state index in [2.05, 4.69) is 31.9 Å². The number of carbonyl (C=O) groups is 3. The van der Waals surface area contributed by atoms with E-state index in [1.54, 1.807) is 48.5 Å². The summed E-state index contributed by atoms with van der Waals surface area (Å²) in [6.07, 6.45) is 0.880. The summed E-state index contributed by atoms with van der Waals surface area (Å²) in [5.41, 5.74) is 0.771. The molecule has 3 fully saturated rings. The Bertz CT molecular complexity index is 1060. The summed E-state index contributed by atoms with van der Waals surface area (Å²) < 4.78 is 10.6. The molecule has 6 nitrogen and oxygen atoms in total. The first kappa shape index (κ1) is 20.7. The fourth-order valence-corrected chi connectivity index (χ4v) is 7.08. The van der Waals surface area contributed by atoms with E-state index in [4.69, 9.17) is 9.47 Å². The van der Waals surface area contributed by atoms with E-state index < -0.39 is 5.97 Å². The van der Waals surface area contributed by atoms with Crippen molar-refractivity contribution in [3.8, 4) is 11.5 Å². The number of hydrogen-bond donors (Lipinski definition) is 0. The molecule has 2 aliphatic carbocycles. The minimum absolute atomic E-state index is 0.148. The number of benzene rings is 2. The van der Waals surface area contributed by atoms with Gasteiger partial charge in [-0.25, -0.2) is 9.69 Å². The van der Waals surface area contributed by atoms with Crippen LogP contribution < -0.4 is 14.4 Å². The van der Waals surface area contributed by atoms with Gasteiger partial charge in [0.15, 0.2) is 0 Å². The topological polar surface area (TPSA) is 72.9 Å². The smallest absolute Gasteiger partial charge is 0.343 e. The molecule has 0 radical (unpaired) electrons. The van der Waals surface area contributed by atoms with Gasteiger partial charge in [0.25, 0.3) is 0 Å². The van der Waals surface area contributed by atoms with Gasteiger partial charge in [0, 0.05) is 15.7 Å². The third-order valence-corrected chi connectivity index (χ3v) is 9.79. The number of methoxy groups -OCH3 is 1. The molecule has 6 atom stereocenters. The van der Waals surface area contributed by atoms with Gasteiger partial charge in [0.1, 0.15) is 11.5 Å². The van der Waals surface area contributed by atoms with Crippen LogP contribution >= 0.6 is 31.9 Å². The monoisotopic (exact) mass is 547 g/mol. The second-order valence-electron chi connectivity index (χ2n) is 8.13. The zero-order valence-corrected chi connectivity index (χ0v) is 19.7. The number of ether oxygens (including phenoxy) is 2. The fraction of sp³-hybridized carbons (Fsp3) is 0.348. The number of amides is 2. The van der Waals surface area contributed by atoms with Crippen molar-refractivity contribution < 1.29 is 23.9 Å². The number of nitrogens with zero attached hydrogens (tertiary/aromatic N) is 1. The highest BCUT2D eigenvalue weighted by atomic mass is 79.9. The Morgan fingerprint density at radius 2 is 1.55 bits per heavy atom. The molecule has 2 saturated carbocycles. The molecule has 0 spiro atoms. The Balaban J connectivity index is 1.39. The number of alkyl halides is 2. The highest BCUT2D eigenvalue weighted by Crippen LogP contribution is 2.60. The highest BCUT2D eigenvalue weighted by molar-refractivity contribution is 9.12. The van der Waals surface area contributed by atoms with Gasteiger partial charge in [-0.1, -0.05) is 44.0 Å². The van der Waals surface area contributed by atoms with E-state index >= 15 is 0 Å². The lowest BCUT2D eigenvalue weighted by atomic mass is 9.81. The zero-order valence-electron chi connectivity index (χ0n) is 16.5. The SMILES string of the molecule is COc1cccc(C(=O)Oc2cccc(N3C(=O)[C@@H]4[C@H]5C[C@@H]([C@H](Br)[C@@H]5Br)[C@@H]4C3=O)c2)c1. The van der Waals surface area contributed by atoms with Crippen molar-refractivity contribution in [1.82, 2.24) is 0 Å². The molecule has 1 aliphatic heterocycles. The Labute approximate surface area is 196 Å². The summed E-state index contributed by atoms with van der Waals surface area (Å²) in [5, 5.41) is 0. The van der Waals surface area contributed by atoms with Crippen LogP contribution in [0, 0.1) is 23.7 Å². The van der Waals surface area contributed by atoms with Crippen molar-refractivity contribution in [1.29, 1.82) is 0 Å². The molecule has 1 saturated heterocycles. The van der Waals surface area contributed by atoms with Gasteiger partial charge in [-0.05, 0) is 48.6 Å². The number of anilines is 1. The molecule has 8 heteroatoms. The molecule has 0 N–H and O–H groups in total. The summed E-state index contributed by atoms with van der Waals surface area (Å²) in [7, 11) is 1.52. The predicted octanol–water partition coefficient (Wildman–Crippen LogP) is 4.20. The molecule has 2 bridgehead atoms. The Hall–Kier alpha value is -2.19. The standard InChI is InChI=1S/C23H19Br2NO5/c1-30-13-6-2-4-11(8-13)23(29)31-14-7-3-5-12(9-14)26-21(27)17-15-10-16(18(17)22(26)28)20(25)19(15)24/h2-9,15-20H,10H2,1H3/t15-,16-,17-,18+,19-,20+/m1/s1. The van der Waals surface area contributed by atoms with Crippen LogP contribution in [0.15, 0.2) is 48.5 Å². The summed E-state index contributed by atoms with van der Waals surface area (Å²) in [4.78, 5) is 40.6. The lowest BCUT2D eigenvalue weighted by Crippen LogP contribution is -2.37. The number of fused-ring (bicyclic) bond motifs is 5. The third kappa shape index (κ3) is 3.22. The van der Waals surface area contributed by atoms with E-state index in [0.29, 0.717) is 17.0 Å². The van der Waals surface area contributed by atoms with Crippen molar-refractivity contribution in [2.45, 2.75) is 16.1 Å². The van der Waals surface area contributed by atoms with E-state index in [-0.39, 0.29) is 50.9 Å². The Kier molecular flexibility index (Phi) is 5.17. The highest BCUT2D eigenvalue weighted by Gasteiger charge is 2.66. The molecule has 2 amide bonds. The van der Waals surface area contributed by atoms with E-state index in [1.807, 2.05) is 0 Å². The van der Waals surface area contributed by atoms with Crippen LogP contribution in [-0.2, 0) is 9.59 Å². The summed E-state index contributed by atoms with van der Waals surface area (Å²) in [6, 6.07) is 13.2. The lowest BCUT2D eigenvalue weighted by molar-refractivity contribution is -0.123. The third-order valence-electron chi connectivity index (χ3n) is 6.58. The van der Waals surface area contributed by atoms with Gasteiger partial charge in [-0.2, -0.15) is 0 Å². The molecule has 1 heterocycles. The van der Waals surface area contributed by atoms with Crippen molar-refractivity contribution in [3.63, 3.8) is 0 Å². The van der Waals surface area contributed by atoms with Crippen LogP contribution in [0.3, 0.4) is 0 Å². The molecule has 5 rings (SSSR count). The van der Waals surface area contributed by atoms with Gasteiger partial charge >= 0.3 is 5.97 Å². The van der Waals surface area contributed by atoms with E-state index in [0.717, 1.165) is 6.42 Å². The quantitative estimate of drug-likeness (QED) is 0.248. The van der Waals surface area contributed by atoms with Crippen molar-refractivity contribution >= 4 is 55.3 Å². The van der Waals surface area contributed by atoms with Gasteiger partial charge in [-0.3, -0.25) is 9.59 Å². The normalized spacial score (nSPS) is 31.1. The molecular formula is C23H19Br2NO5. The number of esters is 1. The molecule has 160 valence electrons. The predicted molar refractivity (Wildman–Crippen MR) is 121 cm³/mol. The molecule has 0 aromatic heterocycles. The van der Waals surface area contributed by atoms with Crippen molar-refractivity contribution in [2.24, 2.45) is 23.7 Å². The second-order valence-corrected chi connectivity index (χ2v) is 10.2. The fourth-order valence-electron chi connectivity index (χ4n) is 5.21. The van der Waals surface area contributed by atoms with Crippen LogP contribution in [0.2, 0.25) is 0 Å². The maximum absolute atomic E-state index is 13.2. The van der Waals surface area contributed by atoms with Crippen LogP contribution in [-0.4, -0.2) is 34.5 Å². The first-order chi connectivity index (χ1) is 14.9. The number of halogens is 2. The molecule has 2 aromatic carbocycles. The maximum Gasteiger partial charge on any atom is 0.343 e. The molecule has 0 unspecified atom stereocenters. The van der Waals surface area contributed by atoms with Crippen LogP contribution in [0.25, 0.3) is 0 Å². The Morgan fingerprint density at radius 1 is 0.935 bits per heavy atom. The number of imide groups is 1. The number of rotatable bonds is 4. The first-order valence-electron chi connectivity index (χ1n) is 10.0. The van der Waals surface area contributed by atoms with Gasteiger partial charge < -0.3 is 9.47 Å². The average Bonchev–Trinajstić information content (AvgIpc) is 3.38. The lowest BCUT2D eigenvalue weighted by Gasteiger charge is -2.28. The number of hydrogen-bond acceptors (Lipinski definition) is 5. The van der Waals surface area contributed by atoms with Crippen LogP contribution in [0.5, 0.6) is 11.5 Å². The largest absolute Gasteiger partial charge is 0.497 e. The average molecular weight is 549 g/mol. The van der Waals surface area contributed by atoms with Gasteiger partial charge in [-0.15, -0.1) is 0 Å². The Morgan fingerprint density at radius 3 is 2.19 bits per heavy atom. The van der Waals surface area contributed by atoms with Gasteiger partial charge in [0.2, 0.25) is 11.8 Å². The molecular weight excluding hydrogens is 530 g/mol. The second kappa shape index (κ2) is 7.74. The van der Waals surface area contributed by atoms with Crippen molar-refractivity contribution in [2.75, 3.05) is 12.0 Å². The van der Waals surface area contributed by atoms with E-state index in [1.165, 1.54) is 12.0 Å². The summed E-state index contributed by atoms with van der Waals surface area (Å²) in [5.74, 6) is -0.350. The van der Waals surface area contributed by atoms with E-state index in [9.17, 15) is 14.4 Å². The van der Waals surface area contributed by atoms with Gasteiger partial charge in [0.05, 0.1) is 30.2 Å². The number of carbonyl (C=O) groups excluding carboxylic acids is 3. The molecule has 3 aliphatic rings. The first-order valence-corrected chi connectivity index (χ1v) is 11.9. The van der Waals surface area contributed by atoms with Crippen LogP contribution in [0.1, 0.15) is 16.8 Å².